The molecule has 1 saturated heterocycles. The summed E-state index contributed by atoms with van der Waals surface area (Å²) in [6, 6.07) is 4.86. The molecule has 0 spiro atoms. The molecule has 1 aliphatic heterocycles. The number of hydrogen-bond acceptors (Lipinski definition) is 3. The number of amides is 1. The van der Waals surface area contributed by atoms with E-state index in [1.165, 1.54) is 6.07 Å². The second-order valence-corrected chi connectivity index (χ2v) is 6.67. The molecular formula is C18H25FN2O2. The lowest BCUT2D eigenvalue weighted by atomic mass is 9.98. The number of carbonyl (C=O) groups excluding carboxylic acids is 1. The number of halogens is 1. The normalized spacial score (nSPS) is 26.6. The molecule has 2 N–H and O–H groups in total. The molecular weight excluding hydrogens is 295 g/mol. The molecule has 23 heavy (non-hydrogen) atoms. The number of phenolic OH excluding ortho intramolecular Hbond substituents is 1. The lowest BCUT2D eigenvalue weighted by Gasteiger charge is -2.33. The van der Waals surface area contributed by atoms with Crippen LogP contribution >= 0.6 is 0 Å². The molecule has 0 radical (unpaired) electrons. The maximum atomic E-state index is 13.6. The summed E-state index contributed by atoms with van der Waals surface area (Å²) in [6.45, 7) is 2.16. The number of nitrogens with one attached hydrogen (secondary N) is 1. The highest BCUT2D eigenvalue weighted by Gasteiger charge is 2.37. The SMILES string of the molecule is O=C1NCCCCCN(Cc2cccc(F)c2O)[C@H]2CCC[C@@H]12. The fourth-order valence-electron chi connectivity index (χ4n) is 3.91. The Hall–Kier alpha value is -1.62. The summed E-state index contributed by atoms with van der Waals surface area (Å²) in [5, 5.41) is 13.0. The molecule has 5 heteroatoms. The van der Waals surface area contributed by atoms with Gasteiger partial charge in [0.15, 0.2) is 11.6 Å². The van der Waals surface area contributed by atoms with E-state index in [-0.39, 0.29) is 23.6 Å². The Kier molecular flexibility index (Phi) is 5.16. The van der Waals surface area contributed by atoms with Crippen molar-refractivity contribution in [3.8, 4) is 5.75 Å². The molecule has 126 valence electrons. The van der Waals surface area contributed by atoms with E-state index < -0.39 is 5.82 Å². The van der Waals surface area contributed by atoms with Gasteiger partial charge in [-0.05, 0) is 38.3 Å². The highest BCUT2D eigenvalue weighted by molar-refractivity contribution is 5.79. The highest BCUT2D eigenvalue weighted by Crippen LogP contribution is 2.33. The lowest BCUT2D eigenvalue weighted by molar-refractivity contribution is -0.126. The van der Waals surface area contributed by atoms with Gasteiger partial charge in [-0.1, -0.05) is 25.0 Å². The first-order valence-corrected chi connectivity index (χ1v) is 8.65. The van der Waals surface area contributed by atoms with Crippen LogP contribution in [-0.4, -0.2) is 35.0 Å². The van der Waals surface area contributed by atoms with Crippen LogP contribution in [0.4, 0.5) is 4.39 Å². The minimum absolute atomic E-state index is 0.0174. The van der Waals surface area contributed by atoms with E-state index in [4.69, 9.17) is 0 Å². The Morgan fingerprint density at radius 2 is 2.09 bits per heavy atom. The third-order valence-corrected chi connectivity index (χ3v) is 5.15. The molecule has 0 bridgehead atoms. The zero-order chi connectivity index (χ0) is 16.2. The summed E-state index contributed by atoms with van der Waals surface area (Å²) in [6.07, 6.45) is 6.10. The lowest BCUT2D eigenvalue weighted by Crippen LogP contribution is -2.45. The maximum absolute atomic E-state index is 13.6. The van der Waals surface area contributed by atoms with Crippen molar-refractivity contribution in [1.29, 1.82) is 0 Å². The van der Waals surface area contributed by atoms with Crippen molar-refractivity contribution in [2.75, 3.05) is 13.1 Å². The van der Waals surface area contributed by atoms with E-state index in [0.717, 1.165) is 51.6 Å². The number of nitrogens with zero attached hydrogens (tertiary/aromatic N) is 1. The number of aromatic hydroxyl groups is 1. The van der Waals surface area contributed by atoms with Crippen molar-refractivity contribution < 1.29 is 14.3 Å². The van der Waals surface area contributed by atoms with Gasteiger partial charge in [-0.3, -0.25) is 9.69 Å². The van der Waals surface area contributed by atoms with E-state index in [1.807, 2.05) is 0 Å². The second kappa shape index (κ2) is 7.30. The van der Waals surface area contributed by atoms with Crippen LogP contribution in [0.25, 0.3) is 0 Å². The summed E-state index contributed by atoms with van der Waals surface area (Å²) in [4.78, 5) is 14.7. The number of carbonyl (C=O) groups is 1. The first kappa shape index (κ1) is 16.2. The largest absolute Gasteiger partial charge is 0.505 e. The van der Waals surface area contributed by atoms with Crippen LogP contribution in [0, 0.1) is 11.7 Å². The zero-order valence-corrected chi connectivity index (χ0v) is 13.4. The van der Waals surface area contributed by atoms with Crippen LogP contribution in [0.3, 0.4) is 0 Å². The molecule has 1 heterocycles. The summed E-state index contributed by atoms with van der Waals surface area (Å²) >= 11 is 0. The van der Waals surface area contributed by atoms with E-state index >= 15 is 0 Å². The molecule has 3 rings (SSSR count). The molecule has 2 fully saturated rings. The Morgan fingerprint density at radius 3 is 2.96 bits per heavy atom. The Labute approximate surface area is 136 Å². The monoisotopic (exact) mass is 320 g/mol. The van der Waals surface area contributed by atoms with Gasteiger partial charge < -0.3 is 10.4 Å². The molecule has 2 aliphatic rings. The average molecular weight is 320 g/mol. The Bertz CT molecular complexity index is 564. The van der Waals surface area contributed by atoms with Gasteiger partial charge in [-0.15, -0.1) is 0 Å². The molecule has 1 saturated carbocycles. The molecule has 1 aliphatic carbocycles. The molecule has 4 nitrogen and oxygen atoms in total. The first-order valence-electron chi connectivity index (χ1n) is 8.65. The van der Waals surface area contributed by atoms with Crippen LogP contribution in [-0.2, 0) is 11.3 Å². The van der Waals surface area contributed by atoms with Gasteiger partial charge in [0.05, 0.1) is 5.92 Å². The van der Waals surface area contributed by atoms with E-state index in [1.54, 1.807) is 12.1 Å². The molecule has 1 aromatic rings. The van der Waals surface area contributed by atoms with Crippen molar-refractivity contribution in [3.05, 3.63) is 29.6 Å². The van der Waals surface area contributed by atoms with Crippen molar-refractivity contribution >= 4 is 5.91 Å². The number of benzene rings is 1. The highest BCUT2D eigenvalue weighted by atomic mass is 19.1. The predicted octanol–water partition coefficient (Wildman–Crippen LogP) is 2.80. The number of hydrogen-bond donors (Lipinski definition) is 2. The van der Waals surface area contributed by atoms with Crippen molar-refractivity contribution in [1.82, 2.24) is 10.2 Å². The zero-order valence-electron chi connectivity index (χ0n) is 13.4. The molecule has 1 aromatic carbocycles. The van der Waals surface area contributed by atoms with Crippen molar-refractivity contribution in [2.45, 2.75) is 51.1 Å². The van der Waals surface area contributed by atoms with E-state index in [0.29, 0.717) is 12.1 Å². The van der Waals surface area contributed by atoms with Gasteiger partial charge in [0.25, 0.3) is 0 Å². The topological polar surface area (TPSA) is 52.6 Å². The quantitative estimate of drug-likeness (QED) is 0.881. The van der Waals surface area contributed by atoms with Crippen LogP contribution in [0.15, 0.2) is 18.2 Å². The third kappa shape index (κ3) is 3.66. The van der Waals surface area contributed by atoms with Gasteiger partial charge in [0.2, 0.25) is 5.91 Å². The third-order valence-electron chi connectivity index (χ3n) is 5.15. The van der Waals surface area contributed by atoms with Crippen LogP contribution in [0.1, 0.15) is 44.1 Å². The summed E-state index contributed by atoms with van der Waals surface area (Å²) in [5.74, 6) is -0.667. The number of para-hydroxylation sites is 1. The number of phenols is 1. The number of fused-ring (bicyclic) bond motifs is 1. The second-order valence-electron chi connectivity index (χ2n) is 6.67. The average Bonchev–Trinajstić information content (AvgIpc) is 3.02. The summed E-state index contributed by atoms with van der Waals surface area (Å²) in [7, 11) is 0. The number of rotatable bonds is 2. The van der Waals surface area contributed by atoms with Gasteiger partial charge in [0.1, 0.15) is 0 Å². The van der Waals surface area contributed by atoms with Gasteiger partial charge in [-0.2, -0.15) is 0 Å². The minimum Gasteiger partial charge on any atom is -0.505 e. The van der Waals surface area contributed by atoms with E-state index in [2.05, 4.69) is 10.2 Å². The standard InChI is InChI=1S/C18H25FN2O2/c19-15-8-4-6-13(17(15)22)12-21-11-3-1-2-10-20-18(23)14-7-5-9-16(14)21/h4,6,8,14,16,22H,1-3,5,7,9-12H2,(H,20,23)/t14-,16+/m1/s1. The van der Waals surface area contributed by atoms with Gasteiger partial charge >= 0.3 is 0 Å². The fraction of sp³-hybridized carbons (Fsp3) is 0.611. The Morgan fingerprint density at radius 1 is 1.22 bits per heavy atom. The first-order chi connectivity index (χ1) is 11.2. The van der Waals surface area contributed by atoms with Crippen molar-refractivity contribution in [3.63, 3.8) is 0 Å². The fourth-order valence-corrected chi connectivity index (χ4v) is 3.91. The Balaban J connectivity index is 1.81. The van der Waals surface area contributed by atoms with Crippen LogP contribution < -0.4 is 5.32 Å². The molecule has 0 unspecified atom stereocenters. The van der Waals surface area contributed by atoms with Crippen molar-refractivity contribution in [2.24, 2.45) is 5.92 Å². The predicted molar refractivity (Wildman–Crippen MR) is 86.5 cm³/mol. The minimum atomic E-state index is -0.579. The summed E-state index contributed by atoms with van der Waals surface area (Å²) in [5.41, 5.74) is 0.605. The van der Waals surface area contributed by atoms with Crippen LogP contribution in [0.2, 0.25) is 0 Å². The van der Waals surface area contributed by atoms with Crippen LogP contribution in [0.5, 0.6) is 5.75 Å². The molecule has 1 amide bonds. The van der Waals surface area contributed by atoms with Gasteiger partial charge in [0, 0.05) is 24.7 Å². The van der Waals surface area contributed by atoms with Gasteiger partial charge in [-0.25, -0.2) is 4.39 Å². The maximum Gasteiger partial charge on any atom is 0.224 e. The molecule has 0 aromatic heterocycles. The summed E-state index contributed by atoms with van der Waals surface area (Å²) < 4.78 is 13.6. The smallest absolute Gasteiger partial charge is 0.224 e. The molecule has 2 atom stereocenters. The van der Waals surface area contributed by atoms with E-state index in [9.17, 15) is 14.3 Å².